The molecular formula is C20H25N5O3S3. The van der Waals surface area contributed by atoms with E-state index in [0.717, 1.165) is 15.1 Å². The Kier molecular flexibility index (Phi) is 7.60. The number of carbonyl (C=O) groups excluding carboxylic acids is 3. The van der Waals surface area contributed by atoms with Gasteiger partial charge in [-0.25, -0.2) is 4.79 Å². The summed E-state index contributed by atoms with van der Waals surface area (Å²) in [6, 6.07) is 7.93. The Balaban J connectivity index is 1.46. The maximum Gasteiger partial charge on any atom is 0.344 e. The Morgan fingerprint density at radius 2 is 1.84 bits per heavy atom. The lowest BCUT2D eigenvalue weighted by atomic mass is 10.00. The van der Waals surface area contributed by atoms with Crippen LogP contribution < -0.4 is 10.7 Å². The zero-order chi connectivity index (χ0) is 22.6. The molecule has 4 amide bonds. The van der Waals surface area contributed by atoms with Crippen molar-refractivity contribution in [1.29, 1.82) is 0 Å². The van der Waals surface area contributed by atoms with Gasteiger partial charge in [0, 0.05) is 5.75 Å². The number of aromatic nitrogens is 2. The summed E-state index contributed by atoms with van der Waals surface area (Å²) in [6.45, 7) is 7.77. The van der Waals surface area contributed by atoms with Crippen LogP contribution in [0.3, 0.4) is 0 Å². The maximum atomic E-state index is 12.3. The van der Waals surface area contributed by atoms with E-state index in [9.17, 15) is 14.4 Å². The molecule has 2 N–H and O–H groups in total. The van der Waals surface area contributed by atoms with Gasteiger partial charge in [-0.15, -0.1) is 10.2 Å². The van der Waals surface area contributed by atoms with Crippen molar-refractivity contribution in [2.24, 2.45) is 0 Å². The Morgan fingerprint density at radius 1 is 1.19 bits per heavy atom. The molecule has 31 heavy (non-hydrogen) atoms. The third-order valence-corrected chi connectivity index (χ3v) is 8.19. The molecule has 2 aromatic rings. The molecular weight excluding hydrogens is 454 g/mol. The van der Waals surface area contributed by atoms with Crippen molar-refractivity contribution in [1.82, 2.24) is 25.9 Å². The van der Waals surface area contributed by atoms with Crippen LogP contribution in [0.5, 0.6) is 0 Å². The molecule has 1 aliphatic rings. The topological polar surface area (TPSA) is 104 Å². The molecule has 8 nitrogen and oxygen atoms in total. The third kappa shape index (κ3) is 5.78. The van der Waals surface area contributed by atoms with Crippen LogP contribution in [0.4, 0.5) is 4.79 Å². The van der Waals surface area contributed by atoms with Gasteiger partial charge < -0.3 is 5.32 Å². The molecule has 0 aliphatic carbocycles. The lowest BCUT2D eigenvalue weighted by molar-refractivity contribution is -0.137. The van der Waals surface area contributed by atoms with Gasteiger partial charge in [-0.2, -0.15) is 5.01 Å². The number of amides is 4. The van der Waals surface area contributed by atoms with E-state index >= 15 is 0 Å². The normalized spacial score (nSPS) is 18.5. The lowest BCUT2D eigenvalue weighted by Crippen LogP contribution is -2.49. The number of thioether (sulfide) groups is 2. The second kappa shape index (κ2) is 10.0. The van der Waals surface area contributed by atoms with Gasteiger partial charge in [-0.3, -0.25) is 15.0 Å². The Labute approximate surface area is 193 Å². The summed E-state index contributed by atoms with van der Waals surface area (Å²) in [5.41, 5.74) is 3.91. The number of hydrogen-bond donors (Lipinski definition) is 2. The number of benzene rings is 1. The average Bonchev–Trinajstić information content (AvgIpc) is 3.29. The number of nitrogens with zero attached hydrogens (tertiary/aromatic N) is 3. The quantitative estimate of drug-likeness (QED) is 0.416. The van der Waals surface area contributed by atoms with Crippen LogP contribution in [-0.2, 0) is 15.3 Å². The molecule has 1 atom stereocenters. The fraction of sp³-hybridized carbons (Fsp3) is 0.450. The summed E-state index contributed by atoms with van der Waals surface area (Å²) in [6.07, 6.45) is 0.436. The highest BCUT2D eigenvalue weighted by Crippen LogP contribution is 2.31. The molecule has 1 saturated heterocycles. The fourth-order valence-corrected chi connectivity index (χ4v) is 5.54. The average molecular weight is 480 g/mol. The van der Waals surface area contributed by atoms with E-state index in [2.05, 4.69) is 59.1 Å². The summed E-state index contributed by atoms with van der Waals surface area (Å²) in [5.74, 6) is 0.407. The predicted molar refractivity (Wildman–Crippen MR) is 123 cm³/mol. The van der Waals surface area contributed by atoms with E-state index in [-0.39, 0.29) is 5.75 Å². The SMILES string of the molecule is CCC1(C)NC(=O)N(NC(=O)CSc2nnc(SCc3ccc(C(C)C)cc3)s2)C1=O. The maximum absolute atomic E-state index is 12.3. The number of nitrogens with one attached hydrogen (secondary N) is 2. The minimum absolute atomic E-state index is 0.0237. The first-order valence-corrected chi connectivity index (χ1v) is 12.6. The number of urea groups is 1. The van der Waals surface area contributed by atoms with Gasteiger partial charge in [0.2, 0.25) is 5.91 Å². The molecule has 1 unspecified atom stereocenters. The zero-order valence-electron chi connectivity index (χ0n) is 17.8. The van der Waals surface area contributed by atoms with Gasteiger partial charge in [-0.05, 0) is 30.4 Å². The molecule has 0 saturated carbocycles. The minimum Gasteiger partial charge on any atom is -0.322 e. The van der Waals surface area contributed by atoms with E-state index in [1.807, 2.05) is 0 Å². The van der Waals surface area contributed by atoms with Crippen LogP contribution in [0.15, 0.2) is 32.9 Å². The first-order valence-electron chi connectivity index (χ1n) is 9.86. The second-order valence-electron chi connectivity index (χ2n) is 7.60. The van der Waals surface area contributed by atoms with Crippen molar-refractivity contribution in [2.45, 2.75) is 60.0 Å². The first kappa shape index (κ1) is 23.6. The number of carbonyl (C=O) groups is 3. The van der Waals surface area contributed by atoms with Crippen LogP contribution in [0.25, 0.3) is 0 Å². The summed E-state index contributed by atoms with van der Waals surface area (Å²) in [7, 11) is 0. The highest BCUT2D eigenvalue weighted by Gasteiger charge is 2.47. The number of imide groups is 1. The number of hydrogen-bond acceptors (Lipinski definition) is 8. The molecule has 0 bridgehead atoms. The molecule has 166 valence electrons. The van der Waals surface area contributed by atoms with E-state index in [4.69, 9.17) is 0 Å². The molecule has 0 radical (unpaired) electrons. The molecule has 1 aliphatic heterocycles. The van der Waals surface area contributed by atoms with Crippen molar-refractivity contribution >= 4 is 52.7 Å². The lowest BCUT2D eigenvalue weighted by Gasteiger charge is -2.19. The molecule has 3 rings (SSSR count). The van der Waals surface area contributed by atoms with Crippen molar-refractivity contribution < 1.29 is 14.4 Å². The minimum atomic E-state index is -0.988. The highest BCUT2D eigenvalue weighted by molar-refractivity contribution is 8.03. The summed E-state index contributed by atoms with van der Waals surface area (Å²) in [5, 5.41) is 11.6. The van der Waals surface area contributed by atoms with Crippen LogP contribution in [0.1, 0.15) is 51.2 Å². The predicted octanol–water partition coefficient (Wildman–Crippen LogP) is 3.80. The van der Waals surface area contributed by atoms with Crippen LogP contribution in [-0.4, -0.2) is 44.3 Å². The molecule has 1 aromatic heterocycles. The Bertz CT molecular complexity index is 963. The van der Waals surface area contributed by atoms with Gasteiger partial charge >= 0.3 is 6.03 Å². The fourth-order valence-electron chi connectivity index (χ4n) is 2.77. The Morgan fingerprint density at radius 3 is 2.42 bits per heavy atom. The molecule has 2 heterocycles. The van der Waals surface area contributed by atoms with Gasteiger partial charge in [0.25, 0.3) is 5.91 Å². The number of hydrazine groups is 1. The molecule has 1 aromatic carbocycles. The van der Waals surface area contributed by atoms with E-state index in [0.29, 0.717) is 16.7 Å². The zero-order valence-corrected chi connectivity index (χ0v) is 20.2. The molecule has 11 heteroatoms. The van der Waals surface area contributed by atoms with Crippen LogP contribution in [0.2, 0.25) is 0 Å². The van der Waals surface area contributed by atoms with Crippen molar-refractivity contribution in [3.8, 4) is 0 Å². The Hall–Kier alpha value is -2.11. The monoisotopic (exact) mass is 479 g/mol. The van der Waals surface area contributed by atoms with Gasteiger partial charge in [0.05, 0.1) is 5.75 Å². The van der Waals surface area contributed by atoms with E-state index in [1.165, 1.54) is 34.2 Å². The van der Waals surface area contributed by atoms with E-state index < -0.39 is 23.4 Å². The van der Waals surface area contributed by atoms with Gasteiger partial charge in [-0.1, -0.05) is 79.9 Å². The molecule has 1 fully saturated rings. The summed E-state index contributed by atoms with van der Waals surface area (Å²) in [4.78, 5) is 36.5. The van der Waals surface area contributed by atoms with E-state index in [1.54, 1.807) is 25.6 Å². The van der Waals surface area contributed by atoms with Gasteiger partial charge in [0.1, 0.15) is 5.54 Å². The second-order valence-corrected chi connectivity index (χ2v) is 11.0. The smallest absolute Gasteiger partial charge is 0.322 e. The van der Waals surface area contributed by atoms with Crippen LogP contribution >= 0.6 is 34.9 Å². The largest absolute Gasteiger partial charge is 0.344 e. The molecule has 0 spiro atoms. The third-order valence-electron chi connectivity index (χ3n) is 4.93. The standard InChI is InChI=1S/C20H25N5O3S3/c1-5-20(4)16(27)25(17(28)21-20)24-15(26)11-30-19-23-22-18(31-19)29-10-13-6-8-14(9-7-13)12(2)3/h6-9,12H,5,10-11H2,1-4H3,(H,21,28)(H,24,26). The number of rotatable bonds is 9. The van der Waals surface area contributed by atoms with Gasteiger partial charge in [0.15, 0.2) is 8.68 Å². The summed E-state index contributed by atoms with van der Waals surface area (Å²) < 4.78 is 1.48. The first-order chi connectivity index (χ1) is 14.7. The van der Waals surface area contributed by atoms with Crippen molar-refractivity contribution in [3.05, 3.63) is 35.4 Å². The van der Waals surface area contributed by atoms with Crippen molar-refractivity contribution in [3.63, 3.8) is 0 Å². The van der Waals surface area contributed by atoms with Crippen molar-refractivity contribution in [2.75, 3.05) is 5.75 Å². The summed E-state index contributed by atoms with van der Waals surface area (Å²) >= 11 is 4.23. The highest BCUT2D eigenvalue weighted by atomic mass is 32.2. The van der Waals surface area contributed by atoms with Crippen LogP contribution in [0, 0.1) is 0 Å².